The van der Waals surface area contributed by atoms with Gasteiger partial charge in [0.2, 0.25) is 5.89 Å². The molecule has 6 heteroatoms. The predicted octanol–water partition coefficient (Wildman–Crippen LogP) is 1.66. The molecule has 0 aliphatic rings. The average molecular weight is 220 g/mol. The minimum absolute atomic E-state index is 0.105. The first-order chi connectivity index (χ1) is 7.79. The zero-order chi connectivity index (χ0) is 11.4. The van der Waals surface area contributed by atoms with E-state index in [-0.39, 0.29) is 17.7 Å². The lowest BCUT2D eigenvalue weighted by Crippen LogP contribution is -2.06. The van der Waals surface area contributed by atoms with Crippen molar-refractivity contribution >= 4 is 18.2 Å². The third-order valence-corrected chi connectivity index (χ3v) is 1.87. The zero-order valence-electron chi connectivity index (χ0n) is 8.22. The largest absolute Gasteiger partial charge is 0.403 e. The van der Waals surface area contributed by atoms with Crippen molar-refractivity contribution in [2.45, 2.75) is 0 Å². The summed E-state index contributed by atoms with van der Waals surface area (Å²) in [5.41, 5.74) is 2.66. The van der Waals surface area contributed by atoms with Gasteiger partial charge >= 0.3 is 6.01 Å². The molecule has 3 N–H and O–H groups in total. The highest BCUT2D eigenvalue weighted by atomic mass is 19.1. The van der Waals surface area contributed by atoms with Crippen LogP contribution in [0.3, 0.4) is 0 Å². The van der Waals surface area contributed by atoms with Gasteiger partial charge in [-0.25, -0.2) is 10.2 Å². The number of nitrogen functional groups attached to an aromatic ring is 1. The van der Waals surface area contributed by atoms with E-state index in [9.17, 15) is 4.39 Å². The van der Waals surface area contributed by atoms with E-state index in [2.05, 4.69) is 15.6 Å². The van der Waals surface area contributed by atoms with Crippen LogP contribution in [-0.2, 0) is 0 Å². The van der Waals surface area contributed by atoms with Crippen LogP contribution in [0.15, 0.2) is 28.7 Å². The first-order valence-electron chi connectivity index (χ1n) is 4.52. The second-order valence-electron chi connectivity index (χ2n) is 2.94. The molecule has 5 nitrogen and oxygen atoms in total. The van der Waals surface area contributed by atoms with Gasteiger partial charge in [-0.3, -0.25) is 5.43 Å². The Balaban J connectivity index is 2.18. The van der Waals surface area contributed by atoms with Crippen LogP contribution in [-0.4, -0.2) is 10.2 Å². The summed E-state index contributed by atoms with van der Waals surface area (Å²) in [5, 5.41) is 7.23. The smallest absolute Gasteiger partial charge is 0.330 e. The van der Waals surface area contributed by atoms with Crippen molar-refractivity contribution in [1.29, 1.82) is 0 Å². The number of anilines is 1. The fourth-order valence-electron chi connectivity index (χ4n) is 1.13. The summed E-state index contributed by atoms with van der Waals surface area (Å²) < 4.78 is 18.2. The van der Waals surface area contributed by atoms with Crippen molar-refractivity contribution < 1.29 is 8.81 Å². The fourth-order valence-corrected chi connectivity index (χ4v) is 1.13. The summed E-state index contributed by atoms with van der Waals surface area (Å²) in [6.07, 6.45) is 3.05. The number of nitrogens with two attached hydrogens (primary N) is 1. The van der Waals surface area contributed by atoms with Crippen LogP contribution >= 0.6 is 0 Å². The Hall–Kier alpha value is -2.21. The van der Waals surface area contributed by atoms with E-state index >= 15 is 0 Å². The van der Waals surface area contributed by atoms with Crippen molar-refractivity contribution in [2.75, 3.05) is 5.43 Å². The van der Waals surface area contributed by atoms with E-state index in [1.165, 1.54) is 12.1 Å². The van der Waals surface area contributed by atoms with Gasteiger partial charge in [-0.05, 0) is 12.1 Å². The molecule has 1 heterocycles. The normalized spacial score (nSPS) is 10.9. The lowest BCUT2D eigenvalue weighted by molar-refractivity contribution is 0.556. The highest BCUT2D eigenvalue weighted by molar-refractivity contribution is 5.66. The third-order valence-electron chi connectivity index (χ3n) is 1.87. The lowest BCUT2D eigenvalue weighted by Gasteiger charge is -1.93. The van der Waals surface area contributed by atoms with Crippen LogP contribution in [0.5, 0.6) is 0 Å². The summed E-state index contributed by atoms with van der Waals surface area (Å²) in [7, 11) is 0. The van der Waals surface area contributed by atoms with Crippen LogP contribution in [0.1, 0.15) is 11.5 Å². The first-order valence-corrected chi connectivity index (χ1v) is 4.52. The molecule has 0 unspecified atom stereocenters. The van der Waals surface area contributed by atoms with Crippen molar-refractivity contribution in [2.24, 2.45) is 5.84 Å². The molecule has 0 aliphatic carbocycles. The maximum Gasteiger partial charge on any atom is 0.330 e. The highest BCUT2D eigenvalue weighted by Crippen LogP contribution is 2.11. The van der Waals surface area contributed by atoms with Gasteiger partial charge < -0.3 is 4.42 Å². The topological polar surface area (TPSA) is 77.0 Å². The summed E-state index contributed by atoms with van der Waals surface area (Å²) in [4.78, 5) is 0. The van der Waals surface area contributed by atoms with Crippen LogP contribution in [0.4, 0.5) is 10.4 Å². The predicted molar refractivity (Wildman–Crippen MR) is 57.4 cm³/mol. The van der Waals surface area contributed by atoms with E-state index < -0.39 is 0 Å². The third kappa shape index (κ3) is 2.23. The van der Waals surface area contributed by atoms with Gasteiger partial charge in [0, 0.05) is 11.6 Å². The van der Waals surface area contributed by atoms with Crippen molar-refractivity contribution in [3.8, 4) is 0 Å². The van der Waals surface area contributed by atoms with Crippen LogP contribution < -0.4 is 11.3 Å². The standard InChI is InChI=1S/C10H9FN4O/c11-8-4-2-1-3-7(8)5-6-9-14-15-10(13-12)16-9/h1-6H,12H2,(H,13,15)/b6-5+. The molecule has 82 valence electrons. The molecule has 0 aliphatic heterocycles. The van der Waals surface area contributed by atoms with Gasteiger partial charge in [0.05, 0.1) is 0 Å². The Bertz CT molecular complexity index is 509. The van der Waals surface area contributed by atoms with Crippen LogP contribution in [0.2, 0.25) is 0 Å². The molecule has 0 amide bonds. The molecule has 1 aromatic carbocycles. The van der Waals surface area contributed by atoms with Crippen LogP contribution in [0, 0.1) is 5.82 Å². The number of hydrogen-bond donors (Lipinski definition) is 2. The Kier molecular flexibility index (Phi) is 2.93. The number of benzene rings is 1. The molecular formula is C10H9FN4O. The molecular weight excluding hydrogens is 211 g/mol. The van der Waals surface area contributed by atoms with Gasteiger partial charge in [0.25, 0.3) is 0 Å². The van der Waals surface area contributed by atoms with E-state index in [1.807, 2.05) is 0 Å². The Morgan fingerprint density at radius 2 is 2.06 bits per heavy atom. The second kappa shape index (κ2) is 4.54. The Morgan fingerprint density at radius 1 is 1.25 bits per heavy atom. The maximum atomic E-state index is 13.2. The lowest BCUT2D eigenvalue weighted by atomic mass is 10.2. The summed E-state index contributed by atoms with van der Waals surface area (Å²) in [6.45, 7) is 0. The summed E-state index contributed by atoms with van der Waals surface area (Å²) in [5.74, 6) is 5.00. The van der Waals surface area contributed by atoms with Gasteiger partial charge in [-0.1, -0.05) is 23.3 Å². The molecule has 2 rings (SSSR count). The molecule has 0 spiro atoms. The number of nitrogens with one attached hydrogen (secondary N) is 1. The van der Waals surface area contributed by atoms with Crippen LogP contribution in [0.25, 0.3) is 12.2 Å². The number of halogens is 1. The minimum atomic E-state index is -0.310. The van der Waals surface area contributed by atoms with Gasteiger partial charge in [-0.15, -0.1) is 5.10 Å². The van der Waals surface area contributed by atoms with Gasteiger partial charge in [0.1, 0.15) is 5.82 Å². The van der Waals surface area contributed by atoms with Crippen molar-refractivity contribution in [3.05, 3.63) is 41.5 Å². The van der Waals surface area contributed by atoms with Gasteiger partial charge in [0.15, 0.2) is 0 Å². The van der Waals surface area contributed by atoms with Crippen molar-refractivity contribution in [3.63, 3.8) is 0 Å². The second-order valence-corrected chi connectivity index (χ2v) is 2.94. The fraction of sp³-hybridized carbons (Fsp3) is 0. The Morgan fingerprint density at radius 3 is 2.75 bits per heavy atom. The van der Waals surface area contributed by atoms with E-state index in [0.29, 0.717) is 5.56 Å². The number of nitrogens with zero attached hydrogens (tertiary/aromatic N) is 2. The average Bonchev–Trinajstić information content (AvgIpc) is 2.76. The molecule has 0 saturated heterocycles. The quantitative estimate of drug-likeness (QED) is 0.607. The molecule has 16 heavy (non-hydrogen) atoms. The molecule has 0 bridgehead atoms. The first kappa shape index (κ1) is 10.3. The molecule has 0 atom stereocenters. The maximum absolute atomic E-state index is 13.2. The molecule has 1 aromatic heterocycles. The van der Waals surface area contributed by atoms with Gasteiger partial charge in [-0.2, -0.15) is 0 Å². The highest BCUT2D eigenvalue weighted by Gasteiger charge is 2.00. The monoisotopic (exact) mass is 220 g/mol. The number of hydrazine groups is 1. The summed E-state index contributed by atoms with van der Waals surface area (Å²) >= 11 is 0. The molecule has 0 fully saturated rings. The number of hydrogen-bond acceptors (Lipinski definition) is 5. The Labute approximate surface area is 90.8 Å². The van der Waals surface area contributed by atoms with E-state index in [0.717, 1.165) is 0 Å². The number of aromatic nitrogens is 2. The van der Waals surface area contributed by atoms with E-state index in [4.69, 9.17) is 10.3 Å². The SMILES string of the molecule is NNc1nnc(/C=C/c2ccccc2F)o1. The molecule has 0 radical (unpaired) electrons. The minimum Gasteiger partial charge on any atom is -0.403 e. The molecule has 2 aromatic rings. The number of rotatable bonds is 3. The van der Waals surface area contributed by atoms with Crippen molar-refractivity contribution in [1.82, 2.24) is 10.2 Å². The summed E-state index contributed by atoms with van der Waals surface area (Å²) in [6, 6.07) is 6.48. The van der Waals surface area contributed by atoms with E-state index in [1.54, 1.807) is 24.3 Å². The molecule has 0 saturated carbocycles. The zero-order valence-corrected chi connectivity index (χ0v) is 8.22.